The second-order valence-corrected chi connectivity index (χ2v) is 6.81. The lowest BCUT2D eigenvalue weighted by molar-refractivity contribution is -0.147. The number of carboxylic acid groups (broad SMARTS) is 1. The van der Waals surface area contributed by atoms with Gasteiger partial charge in [-0.15, -0.1) is 0 Å². The predicted molar refractivity (Wildman–Crippen MR) is 95.8 cm³/mol. The van der Waals surface area contributed by atoms with Crippen LogP contribution in [-0.2, 0) is 30.5 Å². The van der Waals surface area contributed by atoms with Crippen molar-refractivity contribution in [3.63, 3.8) is 0 Å². The molecule has 8 heteroatoms. The molecular formula is C20H21F3N2O3. The average Bonchev–Trinajstić information content (AvgIpc) is 2.62. The largest absolute Gasteiger partial charge is 0.487 e. The van der Waals surface area contributed by atoms with E-state index in [1.54, 1.807) is 6.07 Å². The second kappa shape index (κ2) is 8.18. The Labute approximate surface area is 160 Å². The van der Waals surface area contributed by atoms with E-state index in [2.05, 4.69) is 9.88 Å². The average molecular weight is 394 g/mol. The number of carbonyl (C=O) groups is 1. The maximum absolute atomic E-state index is 12.7. The van der Waals surface area contributed by atoms with E-state index < -0.39 is 17.8 Å². The fraction of sp³-hybridized carbons (Fsp3) is 0.400. The van der Waals surface area contributed by atoms with E-state index in [9.17, 15) is 18.0 Å². The first-order valence-electron chi connectivity index (χ1n) is 8.99. The van der Waals surface area contributed by atoms with Crippen LogP contribution < -0.4 is 4.74 Å². The van der Waals surface area contributed by atoms with Crippen molar-refractivity contribution in [2.75, 3.05) is 13.1 Å². The minimum Gasteiger partial charge on any atom is -0.487 e. The number of hydrogen-bond acceptors (Lipinski definition) is 4. The van der Waals surface area contributed by atoms with Crippen LogP contribution in [0.5, 0.6) is 5.75 Å². The van der Waals surface area contributed by atoms with E-state index in [0.29, 0.717) is 25.4 Å². The second-order valence-electron chi connectivity index (χ2n) is 6.81. The van der Waals surface area contributed by atoms with Gasteiger partial charge in [-0.1, -0.05) is 19.1 Å². The number of ether oxygens (including phenoxy) is 1. The molecule has 28 heavy (non-hydrogen) atoms. The number of carboxylic acids is 1. The smallest absolute Gasteiger partial charge is 0.433 e. The molecule has 0 spiro atoms. The number of halogens is 3. The van der Waals surface area contributed by atoms with Crippen molar-refractivity contribution >= 4 is 5.97 Å². The zero-order valence-electron chi connectivity index (χ0n) is 15.4. The summed E-state index contributed by atoms with van der Waals surface area (Å²) in [5.74, 6) is -0.501. The predicted octanol–water partition coefficient (Wildman–Crippen LogP) is 3.76. The summed E-state index contributed by atoms with van der Waals surface area (Å²) < 4.78 is 43.9. The van der Waals surface area contributed by atoms with Gasteiger partial charge < -0.3 is 9.84 Å². The van der Waals surface area contributed by atoms with Gasteiger partial charge in [-0.25, -0.2) is 4.98 Å². The van der Waals surface area contributed by atoms with E-state index in [1.807, 2.05) is 19.1 Å². The molecule has 1 aromatic heterocycles. The monoisotopic (exact) mass is 394 g/mol. The first-order chi connectivity index (χ1) is 13.3. The molecule has 0 bridgehead atoms. The minimum atomic E-state index is -4.48. The molecule has 0 amide bonds. The first-order valence-corrected chi connectivity index (χ1v) is 8.99. The van der Waals surface area contributed by atoms with Crippen molar-refractivity contribution in [1.82, 2.24) is 9.88 Å². The first kappa shape index (κ1) is 20.1. The van der Waals surface area contributed by atoms with Crippen LogP contribution in [0.25, 0.3) is 0 Å². The summed E-state index contributed by atoms with van der Waals surface area (Å²) >= 11 is 0. The number of alkyl halides is 3. The molecule has 1 N–H and O–H groups in total. The third-order valence-electron chi connectivity index (χ3n) is 4.74. The topological polar surface area (TPSA) is 62.7 Å². The van der Waals surface area contributed by atoms with Crippen molar-refractivity contribution in [3.8, 4) is 5.75 Å². The Morgan fingerprint density at radius 2 is 2.00 bits per heavy atom. The maximum atomic E-state index is 12.7. The fourth-order valence-electron chi connectivity index (χ4n) is 3.15. The lowest BCUT2D eigenvalue weighted by Crippen LogP contribution is -2.49. The van der Waals surface area contributed by atoms with E-state index in [1.165, 1.54) is 12.1 Å². The highest BCUT2D eigenvalue weighted by molar-refractivity contribution is 5.71. The summed E-state index contributed by atoms with van der Waals surface area (Å²) in [6, 6.07) is 9.30. The van der Waals surface area contributed by atoms with Gasteiger partial charge in [0, 0.05) is 19.6 Å². The zero-order chi connectivity index (χ0) is 20.3. The summed E-state index contributed by atoms with van der Waals surface area (Å²) in [5, 5.41) is 8.96. The summed E-state index contributed by atoms with van der Waals surface area (Å²) in [7, 11) is 0. The number of aromatic nitrogens is 1. The van der Waals surface area contributed by atoms with Gasteiger partial charge in [-0.2, -0.15) is 13.2 Å². The molecule has 5 nitrogen and oxygen atoms in total. The SMILES string of the molecule is CCc1cc(OCc2cccc(C(F)(F)F)n2)ccc1CN1CC(C(=O)O)C1. The molecule has 0 atom stereocenters. The number of benzene rings is 1. The van der Waals surface area contributed by atoms with Crippen molar-refractivity contribution in [3.05, 3.63) is 58.9 Å². The van der Waals surface area contributed by atoms with Crippen LogP contribution in [0.1, 0.15) is 29.4 Å². The molecule has 2 heterocycles. The normalized spacial score (nSPS) is 15.3. The van der Waals surface area contributed by atoms with Crippen molar-refractivity contribution in [2.45, 2.75) is 32.7 Å². The summed E-state index contributed by atoms with van der Waals surface area (Å²) in [4.78, 5) is 16.6. The van der Waals surface area contributed by atoms with E-state index in [4.69, 9.17) is 9.84 Å². The standard InChI is InChI=1S/C20H21F3N2O3/c1-2-13-8-17(7-6-14(13)9-25-10-15(11-25)19(26)27)28-12-16-4-3-5-18(24-16)20(21,22)23/h3-8,15H,2,9-12H2,1H3,(H,26,27). The highest BCUT2D eigenvalue weighted by Crippen LogP contribution is 2.28. The molecule has 1 saturated heterocycles. The number of aryl methyl sites for hydroxylation is 1. The summed E-state index contributed by atoms with van der Waals surface area (Å²) in [6.07, 6.45) is -3.71. The molecule has 1 aliphatic heterocycles. The molecule has 3 rings (SSSR count). The number of aliphatic carboxylic acids is 1. The number of likely N-dealkylation sites (tertiary alicyclic amines) is 1. The lowest BCUT2D eigenvalue weighted by atomic mass is 9.97. The number of pyridine rings is 1. The number of nitrogens with zero attached hydrogens (tertiary/aromatic N) is 2. The molecule has 0 aliphatic carbocycles. The van der Waals surface area contributed by atoms with Gasteiger partial charge >= 0.3 is 12.1 Å². The van der Waals surface area contributed by atoms with Crippen LogP contribution in [0.2, 0.25) is 0 Å². The van der Waals surface area contributed by atoms with Crippen molar-refractivity contribution in [1.29, 1.82) is 0 Å². The van der Waals surface area contributed by atoms with Crippen LogP contribution in [0.15, 0.2) is 36.4 Å². The fourth-order valence-corrected chi connectivity index (χ4v) is 3.15. The van der Waals surface area contributed by atoms with Crippen LogP contribution in [0.4, 0.5) is 13.2 Å². The van der Waals surface area contributed by atoms with Crippen LogP contribution in [-0.4, -0.2) is 34.0 Å². The Hall–Kier alpha value is -2.61. The van der Waals surface area contributed by atoms with Crippen LogP contribution in [0, 0.1) is 5.92 Å². The van der Waals surface area contributed by atoms with Crippen molar-refractivity contribution in [2.24, 2.45) is 5.92 Å². The summed E-state index contributed by atoms with van der Waals surface area (Å²) in [6.45, 7) is 3.70. The molecule has 150 valence electrons. The highest BCUT2D eigenvalue weighted by Gasteiger charge is 2.33. The van der Waals surface area contributed by atoms with E-state index >= 15 is 0 Å². The Balaban J connectivity index is 1.62. The van der Waals surface area contributed by atoms with Crippen molar-refractivity contribution < 1.29 is 27.8 Å². The third kappa shape index (κ3) is 4.81. The maximum Gasteiger partial charge on any atom is 0.433 e. The Bertz CT molecular complexity index is 849. The molecule has 1 aliphatic rings. The Morgan fingerprint density at radius 3 is 2.64 bits per heavy atom. The lowest BCUT2D eigenvalue weighted by Gasteiger charge is -2.37. The minimum absolute atomic E-state index is 0.0567. The van der Waals surface area contributed by atoms with E-state index in [0.717, 1.165) is 23.6 Å². The molecule has 2 aromatic rings. The molecule has 1 aromatic carbocycles. The quantitative estimate of drug-likeness (QED) is 0.775. The molecular weight excluding hydrogens is 373 g/mol. The highest BCUT2D eigenvalue weighted by atomic mass is 19.4. The molecule has 0 unspecified atom stereocenters. The third-order valence-corrected chi connectivity index (χ3v) is 4.74. The van der Waals surface area contributed by atoms with Gasteiger partial charge in [0.05, 0.1) is 11.6 Å². The van der Waals surface area contributed by atoms with Crippen LogP contribution >= 0.6 is 0 Å². The Kier molecular flexibility index (Phi) is 5.88. The number of hydrogen-bond donors (Lipinski definition) is 1. The van der Waals surface area contributed by atoms with Gasteiger partial charge in [0.25, 0.3) is 0 Å². The van der Waals surface area contributed by atoms with Gasteiger partial charge in [-0.3, -0.25) is 9.69 Å². The van der Waals surface area contributed by atoms with Crippen LogP contribution in [0.3, 0.4) is 0 Å². The summed E-state index contributed by atoms with van der Waals surface area (Å²) in [5.41, 5.74) is 1.42. The van der Waals surface area contributed by atoms with Gasteiger partial charge in [0.1, 0.15) is 18.1 Å². The van der Waals surface area contributed by atoms with Gasteiger partial charge in [-0.05, 0) is 41.8 Å². The van der Waals surface area contributed by atoms with E-state index in [-0.39, 0.29) is 18.2 Å². The van der Waals surface area contributed by atoms with Gasteiger partial charge in [0.2, 0.25) is 0 Å². The molecule has 0 radical (unpaired) electrons. The zero-order valence-corrected chi connectivity index (χ0v) is 15.4. The Morgan fingerprint density at radius 1 is 1.25 bits per heavy atom. The number of rotatable bonds is 7. The molecule has 0 saturated carbocycles. The van der Waals surface area contributed by atoms with Gasteiger partial charge in [0.15, 0.2) is 0 Å². The molecule has 1 fully saturated rings.